The molecule has 3 rings (SSSR count). The maximum atomic E-state index is 11.9. The summed E-state index contributed by atoms with van der Waals surface area (Å²) in [5, 5.41) is 69.1. The Kier molecular flexibility index (Phi) is 8.40. The summed E-state index contributed by atoms with van der Waals surface area (Å²) in [6, 6.07) is 1.77. The fourth-order valence-electron chi connectivity index (χ4n) is 3.39. The molecule has 2 aliphatic carbocycles. The number of ketones is 2. The van der Waals surface area contributed by atoms with Crippen molar-refractivity contribution in [3.05, 3.63) is 89.7 Å². The van der Waals surface area contributed by atoms with Gasteiger partial charge in [-0.1, -0.05) is 6.58 Å². The Morgan fingerprint density at radius 3 is 2.03 bits per heavy atom. The van der Waals surface area contributed by atoms with Crippen LogP contribution in [0.5, 0.6) is 0 Å². The molecule has 0 amide bonds. The van der Waals surface area contributed by atoms with Gasteiger partial charge in [0.15, 0.2) is 11.6 Å². The van der Waals surface area contributed by atoms with Gasteiger partial charge >= 0.3 is 0 Å². The first kappa shape index (κ1) is 27.8. The maximum absolute atomic E-state index is 11.9. The molecule has 0 spiro atoms. The first-order valence-electron chi connectivity index (χ1n) is 9.86. The molecule has 0 bridgehead atoms. The molecular formula is C21H19N3O12. The van der Waals surface area contributed by atoms with E-state index in [0.717, 1.165) is 30.4 Å². The Balaban J connectivity index is 0.000000302. The molecule has 0 radical (unpaired) electrons. The molecule has 15 nitrogen and oxygen atoms in total. The average Bonchev–Trinajstić information content (AvgIpc) is 3.25. The molecule has 1 atom stereocenters. The van der Waals surface area contributed by atoms with Gasteiger partial charge in [-0.15, -0.1) is 0 Å². The normalized spacial score (nSPS) is 14.7. The van der Waals surface area contributed by atoms with E-state index in [1.54, 1.807) is 0 Å². The lowest BCUT2D eigenvalue weighted by molar-refractivity contribution is -0.418. The second-order valence-corrected chi connectivity index (χ2v) is 7.56. The van der Waals surface area contributed by atoms with E-state index in [1.807, 2.05) is 0 Å². The van der Waals surface area contributed by atoms with Crippen LogP contribution in [0.25, 0.3) is 11.6 Å². The van der Waals surface area contributed by atoms with Crippen molar-refractivity contribution >= 4 is 34.6 Å². The van der Waals surface area contributed by atoms with E-state index in [0.29, 0.717) is 0 Å². The average molecular weight is 505 g/mol. The highest BCUT2D eigenvalue weighted by molar-refractivity contribution is 6.24. The highest BCUT2D eigenvalue weighted by Crippen LogP contribution is 2.46. The first-order valence-corrected chi connectivity index (χ1v) is 9.86. The lowest BCUT2D eigenvalue weighted by Gasteiger charge is -2.30. The number of fused-ring (bicyclic) bond motifs is 3. The fraction of sp³-hybridized carbons (Fsp3) is 0.238. The fourth-order valence-corrected chi connectivity index (χ4v) is 3.39. The molecule has 0 aromatic heterocycles. The number of allylic oxidation sites excluding steroid dienone is 4. The van der Waals surface area contributed by atoms with Gasteiger partial charge in [0.2, 0.25) is 0 Å². The van der Waals surface area contributed by atoms with Crippen molar-refractivity contribution in [1.82, 2.24) is 0 Å². The molecule has 1 aromatic carbocycles. The summed E-state index contributed by atoms with van der Waals surface area (Å²) in [5.41, 5.74) is -3.63. The van der Waals surface area contributed by atoms with E-state index >= 15 is 0 Å². The molecule has 190 valence electrons. The molecule has 36 heavy (non-hydrogen) atoms. The monoisotopic (exact) mass is 505 g/mol. The maximum Gasteiger partial charge on any atom is 0.284 e. The van der Waals surface area contributed by atoms with Crippen molar-refractivity contribution in [3.8, 4) is 0 Å². The number of carbonyl (C=O) groups is 2. The van der Waals surface area contributed by atoms with Crippen LogP contribution in [-0.2, 0) is 9.59 Å². The Labute approximate surface area is 201 Å². The summed E-state index contributed by atoms with van der Waals surface area (Å²) in [6.45, 7) is 1.10. The summed E-state index contributed by atoms with van der Waals surface area (Å²) in [6.07, 6.45) is 2.39. The second-order valence-electron chi connectivity index (χ2n) is 7.56. The van der Waals surface area contributed by atoms with Crippen LogP contribution in [0.2, 0.25) is 0 Å². The quantitative estimate of drug-likeness (QED) is 0.198. The number of hydrogen-bond donors (Lipinski definition) is 4. The molecule has 1 aromatic rings. The largest absolute Gasteiger partial charge is 0.395 e. The van der Waals surface area contributed by atoms with Crippen molar-refractivity contribution in [2.24, 2.45) is 5.41 Å². The minimum Gasteiger partial charge on any atom is -0.395 e. The van der Waals surface area contributed by atoms with Gasteiger partial charge in [0.05, 0.1) is 57.2 Å². The number of benzene rings is 1. The van der Waals surface area contributed by atoms with Crippen LogP contribution >= 0.6 is 0 Å². The summed E-state index contributed by atoms with van der Waals surface area (Å²) < 4.78 is 0. The van der Waals surface area contributed by atoms with Gasteiger partial charge in [-0.25, -0.2) is 0 Å². The first-order chi connectivity index (χ1) is 16.9. The van der Waals surface area contributed by atoms with Crippen LogP contribution in [0, 0.1) is 35.8 Å². The van der Waals surface area contributed by atoms with E-state index < -0.39 is 74.7 Å². The smallest absolute Gasteiger partial charge is 0.284 e. The summed E-state index contributed by atoms with van der Waals surface area (Å²) in [4.78, 5) is 53.7. The van der Waals surface area contributed by atoms with E-state index in [4.69, 9.17) is 15.3 Å². The van der Waals surface area contributed by atoms with Crippen molar-refractivity contribution in [2.75, 3.05) is 19.8 Å². The molecule has 0 heterocycles. The van der Waals surface area contributed by atoms with E-state index in [9.17, 15) is 45.0 Å². The van der Waals surface area contributed by atoms with Gasteiger partial charge in [-0.2, -0.15) is 0 Å². The molecule has 2 aliphatic rings. The zero-order chi connectivity index (χ0) is 27.4. The molecule has 4 N–H and O–H groups in total. The minimum absolute atomic E-state index is 0.0345. The molecule has 0 aliphatic heterocycles. The molecule has 1 unspecified atom stereocenters. The number of carbonyl (C=O) groups excluding carboxylic acids is 2. The number of aliphatic hydroxyl groups excluding tert-OH is 4. The van der Waals surface area contributed by atoms with Crippen molar-refractivity contribution < 1.29 is 44.8 Å². The van der Waals surface area contributed by atoms with Crippen LogP contribution in [-0.4, -0.2) is 72.7 Å². The summed E-state index contributed by atoms with van der Waals surface area (Å²) in [7, 11) is 0. The highest BCUT2D eigenvalue weighted by atomic mass is 16.6. The van der Waals surface area contributed by atoms with Gasteiger partial charge in [-0.3, -0.25) is 39.9 Å². The van der Waals surface area contributed by atoms with E-state index in [2.05, 4.69) is 6.58 Å². The Bertz CT molecular complexity index is 1250. The molecule has 0 saturated carbocycles. The van der Waals surface area contributed by atoms with Crippen LogP contribution in [0.3, 0.4) is 0 Å². The number of aliphatic hydroxyl groups is 4. The SMILES string of the molecule is C=CC(=O)C(O)C(CO)(CO)CO.O=C1C=CC([N+](=O)[O-])=C2C1=Cc1cc([N+](=O)[O-])cc([N+](=O)[O-])c12. The van der Waals surface area contributed by atoms with Gasteiger partial charge < -0.3 is 20.4 Å². The van der Waals surface area contributed by atoms with Crippen molar-refractivity contribution in [3.63, 3.8) is 0 Å². The third kappa shape index (κ3) is 4.98. The van der Waals surface area contributed by atoms with Gasteiger partial charge in [0.25, 0.3) is 17.1 Å². The Morgan fingerprint density at radius 2 is 1.58 bits per heavy atom. The van der Waals surface area contributed by atoms with E-state index in [-0.39, 0.29) is 22.3 Å². The predicted octanol–water partition coefficient (Wildman–Crippen LogP) is 0.0924. The van der Waals surface area contributed by atoms with Gasteiger partial charge in [-0.05, 0) is 23.8 Å². The van der Waals surface area contributed by atoms with Crippen LogP contribution in [0.15, 0.2) is 48.2 Å². The van der Waals surface area contributed by atoms with Crippen LogP contribution < -0.4 is 0 Å². The van der Waals surface area contributed by atoms with Crippen molar-refractivity contribution in [2.45, 2.75) is 6.10 Å². The lowest BCUT2D eigenvalue weighted by Crippen LogP contribution is -2.48. The second kappa shape index (κ2) is 10.9. The van der Waals surface area contributed by atoms with Gasteiger partial charge in [0.1, 0.15) is 6.10 Å². The van der Waals surface area contributed by atoms with Gasteiger partial charge in [0, 0.05) is 17.7 Å². The third-order valence-electron chi connectivity index (χ3n) is 5.47. The molecule has 0 saturated heterocycles. The minimum atomic E-state index is -1.63. The number of nitrogens with zero attached hydrogens (tertiary/aromatic N) is 3. The predicted molar refractivity (Wildman–Crippen MR) is 121 cm³/mol. The number of nitro groups is 3. The standard InChI is InChI=1S/C13H5N3O7.C8H14O5/c17-11-2-1-9(15(20)21)13-8(11)4-6-3-7(14(18)19)5-10(12(6)13)16(22)23;1-2-6(12)7(13)8(3-9,4-10)5-11/h1-5H;2,7,9-11,13H,1,3-5H2. The number of non-ortho nitro benzene ring substituents is 1. The topological polar surface area (TPSA) is 244 Å². The number of nitro benzene ring substituents is 2. The summed E-state index contributed by atoms with van der Waals surface area (Å²) in [5.74, 6) is -1.30. The Morgan fingerprint density at radius 1 is 1.00 bits per heavy atom. The van der Waals surface area contributed by atoms with Crippen LogP contribution in [0.1, 0.15) is 11.1 Å². The number of hydrogen-bond acceptors (Lipinski definition) is 12. The summed E-state index contributed by atoms with van der Waals surface area (Å²) >= 11 is 0. The zero-order valence-corrected chi connectivity index (χ0v) is 18.3. The Hall–Kier alpha value is -4.44. The van der Waals surface area contributed by atoms with Crippen molar-refractivity contribution in [1.29, 1.82) is 0 Å². The van der Waals surface area contributed by atoms with Crippen LogP contribution in [0.4, 0.5) is 11.4 Å². The molecular weight excluding hydrogens is 486 g/mol. The zero-order valence-electron chi connectivity index (χ0n) is 18.3. The third-order valence-corrected chi connectivity index (χ3v) is 5.47. The highest BCUT2D eigenvalue weighted by Gasteiger charge is 2.40. The van der Waals surface area contributed by atoms with E-state index in [1.165, 1.54) is 6.08 Å². The number of rotatable bonds is 9. The lowest BCUT2D eigenvalue weighted by atomic mass is 9.82. The molecule has 15 heteroatoms. The molecule has 0 fully saturated rings.